The maximum absolute atomic E-state index is 10.2. The lowest BCUT2D eigenvalue weighted by molar-refractivity contribution is -0.283. The molecule has 0 unspecified atom stereocenters. The zero-order valence-electron chi connectivity index (χ0n) is 8.22. The zero-order chi connectivity index (χ0) is 12.3. The molecule has 0 aromatic carbocycles. The van der Waals surface area contributed by atoms with Crippen LogP contribution in [0.25, 0.3) is 0 Å². The molecular weight excluding hydrogens is 222 g/mol. The Labute approximate surface area is 90.4 Å². The van der Waals surface area contributed by atoms with E-state index in [2.05, 4.69) is 4.99 Å². The summed E-state index contributed by atoms with van der Waals surface area (Å²) in [7, 11) is 0. The molecule has 0 amide bonds. The maximum atomic E-state index is 10.2. The first-order valence-electron chi connectivity index (χ1n) is 4.50. The van der Waals surface area contributed by atoms with E-state index in [1.165, 1.54) is 0 Å². The molecule has 0 aromatic rings. The van der Waals surface area contributed by atoms with Gasteiger partial charge in [0, 0.05) is 0 Å². The predicted octanol–water partition coefficient (Wildman–Crippen LogP) is -3.06. The summed E-state index contributed by atoms with van der Waals surface area (Å²) in [6.45, 7) is -0.995. The molecule has 0 spiro atoms. The minimum absolute atomic E-state index is 0.395. The summed E-state index contributed by atoms with van der Waals surface area (Å²) in [4.78, 5) is 13.5. The van der Waals surface area contributed by atoms with Crippen molar-refractivity contribution < 1.29 is 35.1 Å². The number of carboxylic acids is 1. The number of hydrogen-bond donors (Lipinski definition) is 5. The number of carbonyl (C=O) groups is 1. The van der Waals surface area contributed by atoms with Crippen LogP contribution in [0.1, 0.15) is 0 Å². The summed E-state index contributed by atoms with van der Waals surface area (Å²) in [6.07, 6.45) is -4.01. The number of aliphatic hydroxyl groups is 4. The lowest BCUT2D eigenvalue weighted by atomic mass is 9.98. The molecule has 5 N–H and O–H groups in total. The summed E-state index contributed by atoms with van der Waals surface area (Å²) in [5.74, 6) is -3.50. The average Bonchev–Trinajstić information content (AvgIpc) is 2.21. The highest BCUT2D eigenvalue weighted by atomic mass is 16.6. The maximum Gasteiger partial charge on any atom is 0.325 e. The molecule has 0 saturated carbocycles. The van der Waals surface area contributed by atoms with Crippen LogP contribution in [0.4, 0.5) is 0 Å². The normalized spacial score (nSPS) is 40.1. The van der Waals surface area contributed by atoms with E-state index in [0.29, 0.717) is 6.21 Å². The smallest absolute Gasteiger partial charge is 0.325 e. The van der Waals surface area contributed by atoms with Gasteiger partial charge in [0.1, 0.15) is 24.9 Å². The fourth-order valence-electron chi connectivity index (χ4n) is 1.23. The van der Waals surface area contributed by atoms with E-state index in [1.807, 2.05) is 0 Å². The number of rotatable bonds is 3. The molecule has 0 aliphatic carbocycles. The number of aliphatic carboxylic acids is 1. The summed E-state index contributed by atoms with van der Waals surface area (Å²) >= 11 is 0. The highest BCUT2D eigenvalue weighted by molar-refractivity contribution is 5.74. The van der Waals surface area contributed by atoms with Gasteiger partial charge in [0.05, 0.1) is 12.8 Å². The first-order chi connectivity index (χ1) is 7.37. The molecule has 1 saturated heterocycles. The van der Waals surface area contributed by atoms with E-state index in [0.717, 1.165) is 0 Å². The van der Waals surface area contributed by atoms with Gasteiger partial charge in [-0.1, -0.05) is 0 Å². The Hall–Kier alpha value is -1.06. The van der Waals surface area contributed by atoms with Gasteiger partial charge >= 0.3 is 5.97 Å². The van der Waals surface area contributed by atoms with Crippen molar-refractivity contribution in [3.05, 3.63) is 0 Å². The monoisotopic (exact) mass is 235 g/mol. The van der Waals surface area contributed by atoms with Gasteiger partial charge in [0.2, 0.25) is 5.79 Å². The topological polar surface area (TPSA) is 140 Å². The van der Waals surface area contributed by atoms with Crippen molar-refractivity contribution in [1.29, 1.82) is 0 Å². The van der Waals surface area contributed by atoms with Gasteiger partial charge in [-0.15, -0.1) is 0 Å². The fourth-order valence-corrected chi connectivity index (χ4v) is 1.23. The second-order valence-electron chi connectivity index (χ2n) is 3.43. The van der Waals surface area contributed by atoms with E-state index >= 15 is 0 Å². The number of hydrogen-bond acceptors (Lipinski definition) is 7. The predicted molar refractivity (Wildman–Crippen MR) is 49.9 cm³/mol. The quantitative estimate of drug-likeness (QED) is 0.327. The van der Waals surface area contributed by atoms with Crippen LogP contribution in [0, 0.1) is 0 Å². The van der Waals surface area contributed by atoms with Crippen molar-refractivity contribution in [3.63, 3.8) is 0 Å². The van der Waals surface area contributed by atoms with Crippen LogP contribution in [0.2, 0.25) is 0 Å². The second kappa shape index (κ2) is 4.85. The molecule has 1 rings (SSSR count). The minimum atomic E-state index is -2.28. The second-order valence-corrected chi connectivity index (χ2v) is 3.43. The molecule has 92 valence electrons. The molecular formula is C8H13NO7. The van der Waals surface area contributed by atoms with Crippen LogP contribution in [0.3, 0.4) is 0 Å². The van der Waals surface area contributed by atoms with Crippen LogP contribution in [-0.4, -0.2) is 75.0 Å². The van der Waals surface area contributed by atoms with E-state index in [9.17, 15) is 20.1 Å². The van der Waals surface area contributed by atoms with Gasteiger partial charge in [-0.2, -0.15) is 0 Å². The van der Waals surface area contributed by atoms with Gasteiger partial charge in [-0.25, -0.2) is 0 Å². The van der Waals surface area contributed by atoms with Crippen molar-refractivity contribution >= 4 is 12.2 Å². The number of carboxylic acid groups (broad SMARTS) is 1. The first kappa shape index (κ1) is 13.0. The van der Waals surface area contributed by atoms with Crippen molar-refractivity contribution in [3.8, 4) is 0 Å². The Morgan fingerprint density at radius 2 is 2.12 bits per heavy atom. The van der Waals surface area contributed by atoms with Gasteiger partial charge in [0.25, 0.3) is 0 Å². The molecule has 1 fully saturated rings. The van der Waals surface area contributed by atoms with Crippen LogP contribution < -0.4 is 0 Å². The van der Waals surface area contributed by atoms with E-state index < -0.39 is 43.2 Å². The lowest BCUT2D eigenvalue weighted by Gasteiger charge is -2.39. The molecule has 8 heteroatoms. The molecule has 4 atom stereocenters. The van der Waals surface area contributed by atoms with Crippen LogP contribution in [0.15, 0.2) is 4.99 Å². The van der Waals surface area contributed by atoms with Gasteiger partial charge in [-0.05, 0) is 0 Å². The fraction of sp³-hybridized carbons (Fsp3) is 0.750. The van der Waals surface area contributed by atoms with E-state index in [1.54, 1.807) is 0 Å². The zero-order valence-corrected chi connectivity index (χ0v) is 8.22. The van der Waals surface area contributed by atoms with Crippen molar-refractivity contribution in [2.45, 2.75) is 24.1 Å². The molecule has 1 aliphatic rings. The molecule has 1 aliphatic heterocycles. The highest BCUT2D eigenvalue weighted by Gasteiger charge is 2.47. The Morgan fingerprint density at radius 3 is 2.69 bits per heavy atom. The average molecular weight is 235 g/mol. The number of aliphatic imine (C=N–C) groups is 1. The summed E-state index contributed by atoms with van der Waals surface area (Å²) in [5, 5.41) is 45.7. The van der Waals surface area contributed by atoms with Gasteiger partial charge in [0.15, 0.2) is 0 Å². The Morgan fingerprint density at radius 1 is 1.50 bits per heavy atom. The van der Waals surface area contributed by atoms with E-state index in [4.69, 9.17) is 14.9 Å². The third-order valence-electron chi connectivity index (χ3n) is 2.13. The Bertz CT molecular complexity index is 294. The van der Waals surface area contributed by atoms with Crippen LogP contribution in [-0.2, 0) is 9.53 Å². The highest BCUT2D eigenvalue weighted by Crippen LogP contribution is 2.22. The largest absolute Gasteiger partial charge is 0.480 e. The Kier molecular flexibility index (Phi) is 3.94. The summed E-state index contributed by atoms with van der Waals surface area (Å²) in [6, 6.07) is 0. The SMILES string of the molecule is O=C(O)CN=C[C@@]1(O)OC[C@@H](O)[C@@H](O)[C@@H]1O. The third kappa shape index (κ3) is 2.74. The Balaban J connectivity index is 2.69. The van der Waals surface area contributed by atoms with Crippen LogP contribution in [0.5, 0.6) is 0 Å². The molecule has 16 heavy (non-hydrogen) atoms. The molecule has 8 nitrogen and oxygen atoms in total. The first-order valence-corrected chi connectivity index (χ1v) is 4.50. The van der Waals surface area contributed by atoms with E-state index in [-0.39, 0.29) is 0 Å². The third-order valence-corrected chi connectivity index (χ3v) is 2.13. The summed E-state index contributed by atoms with van der Waals surface area (Å²) in [5.41, 5.74) is 0. The minimum Gasteiger partial charge on any atom is -0.480 e. The van der Waals surface area contributed by atoms with Crippen molar-refractivity contribution in [2.75, 3.05) is 13.2 Å². The molecule has 0 radical (unpaired) electrons. The number of ether oxygens (including phenoxy) is 1. The number of aliphatic hydroxyl groups excluding tert-OH is 3. The van der Waals surface area contributed by atoms with Crippen molar-refractivity contribution in [1.82, 2.24) is 0 Å². The molecule has 1 heterocycles. The van der Waals surface area contributed by atoms with Crippen molar-refractivity contribution in [2.24, 2.45) is 4.99 Å². The summed E-state index contributed by atoms with van der Waals surface area (Å²) < 4.78 is 4.70. The van der Waals surface area contributed by atoms with Crippen LogP contribution >= 0.6 is 0 Å². The lowest BCUT2D eigenvalue weighted by Crippen LogP contribution is -2.61. The van der Waals surface area contributed by atoms with Gasteiger partial charge in [-0.3, -0.25) is 9.79 Å². The van der Waals surface area contributed by atoms with Gasteiger partial charge < -0.3 is 30.3 Å². The standard InChI is InChI=1S/C8H13NO7/c10-4-2-16-8(15,7(14)6(4)13)3-9-1-5(11)12/h3-4,6-7,10,13-15H,1-2H2,(H,11,12)/t4-,6-,7+,8-/m1/s1. The number of nitrogens with zero attached hydrogens (tertiary/aromatic N) is 1. The molecule has 0 aromatic heterocycles. The molecule has 0 bridgehead atoms.